The molecule has 0 saturated carbocycles. The van der Waals surface area contributed by atoms with Crippen LogP contribution in [-0.4, -0.2) is 32.6 Å². The third-order valence-electron chi connectivity index (χ3n) is 3.85. The van der Waals surface area contributed by atoms with Crippen molar-refractivity contribution in [3.8, 4) is 11.5 Å². The van der Waals surface area contributed by atoms with Gasteiger partial charge in [0.2, 0.25) is 0 Å². The zero-order chi connectivity index (χ0) is 18.4. The van der Waals surface area contributed by atoms with Gasteiger partial charge in [0.1, 0.15) is 0 Å². The van der Waals surface area contributed by atoms with Crippen molar-refractivity contribution >= 4 is 11.8 Å². The van der Waals surface area contributed by atoms with Crippen molar-refractivity contribution in [2.45, 2.75) is 19.8 Å². The number of rotatable bonds is 7. The summed E-state index contributed by atoms with van der Waals surface area (Å²) in [6, 6.07) is 12.0. The molecular formula is C20H22O5. The fraction of sp³-hybridized carbons (Fsp3) is 0.300. The van der Waals surface area contributed by atoms with Gasteiger partial charge in [-0.05, 0) is 29.7 Å². The summed E-state index contributed by atoms with van der Waals surface area (Å²) in [6.45, 7) is 3.86. The fourth-order valence-corrected chi connectivity index (χ4v) is 2.31. The molecule has 0 heterocycles. The molecule has 0 saturated heterocycles. The maximum Gasteiger partial charge on any atom is 0.338 e. The number of esters is 1. The molecule has 0 radical (unpaired) electrons. The third-order valence-corrected chi connectivity index (χ3v) is 3.85. The van der Waals surface area contributed by atoms with Gasteiger partial charge in [-0.2, -0.15) is 0 Å². The quantitative estimate of drug-likeness (QED) is 0.565. The summed E-state index contributed by atoms with van der Waals surface area (Å²) in [5, 5.41) is 0. The Labute approximate surface area is 147 Å². The molecule has 0 unspecified atom stereocenters. The maximum absolute atomic E-state index is 12.2. The molecule has 0 spiro atoms. The average Bonchev–Trinajstić information content (AvgIpc) is 2.65. The first-order valence-corrected chi connectivity index (χ1v) is 7.98. The van der Waals surface area contributed by atoms with Gasteiger partial charge in [-0.15, -0.1) is 0 Å². The summed E-state index contributed by atoms with van der Waals surface area (Å²) in [6.07, 6.45) is 0. The van der Waals surface area contributed by atoms with Crippen LogP contribution in [-0.2, 0) is 4.74 Å². The lowest BCUT2D eigenvalue weighted by Crippen LogP contribution is -2.14. The predicted octanol–water partition coefficient (Wildman–Crippen LogP) is 3.87. The Morgan fingerprint density at radius 1 is 0.880 bits per heavy atom. The number of hydrogen-bond acceptors (Lipinski definition) is 5. The van der Waals surface area contributed by atoms with Gasteiger partial charge < -0.3 is 14.2 Å². The predicted molar refractivity (Wildman–Crippen MR) is 94.7 cm³/mol. The standard InChI is InChI=1S/C20H22O5/c1-13(2)14-5-7-15(8-6-14)17(21)12-25-20(22)16-9-10-18(23-3)19(11-16)24-4/h5-11,13H,12H2,1-4H3. The molecule has 25 heavy (non-hydrogen) atoms. The minimum Gasteiger partial charge on any atom is -0.493 e. The van der Waals surface area contributed by atoms with Crippen LogP contribution in [0.2, 0.25) is 0 Å². The van der Waals surface area contributed by atoms with E-state index in [1.165, 1.54) is 20.3 Å². The normalized spacial score (nSPS) is 10.4. The lowest BCUT2D eigenvalue weighted by Gasteiger charge is -2.10. The number of hydrogen-bond donors (Lipinski definition) is 0. The summed E-state index contributed by atoms with van der Waals surface area (Å²) in [5.74, 6) is 0.497. The smallest absolute Gasteiger partial charge is 0.338 e. The van der Waals surface area contributed by atoms with Crippen LogP contribution in [0, 0.1) is 0 Å². The van der Waals surface area contributed by atoms with Crippen LogP contribution in [0.15, 0.2) is 42.5 Å². The molecule has 2 aromatic carbocycles. The molecule has 0 bridgehead atoms. The number of Topliss-reactive ketones (excluding diaryl/α,β-unsaturated/α-hetero) is 1. The van der Waals surface area contributed by atoms with Gasteiger partial charge in [0.25, 0.3) is 0 Å². The highest BCUT2D eigenvalue weighted by molar-refractivity contribution is 5.99. The van der Waals surface area contributed by atoms with Crippen LogP contribution in [0.1, 0.15) is 46.0 Å². The van der Waals surface area contributed by atoms with E-state index in [4.69, 9.17) is 14.2 Å². The van der Waals surface area contributed by atoms with E-state index in [0.29, 0.717) is 28.5 Å². The largest absolute Gasteiger partial charge is 0.493 e. The van der Waals surface area contributed by atoms with Crippen molar-refractivity contribution in [2.24, 2.45) is 0 Å². The Hall–Kier alpha value is -2.82. The van der Waals surface area contributed by atoms with E-state index in [1.54, 1.807) is 24.3 Å². The maximum atomic E-state index is 12.2. The van der Waals surface area contributed by atoms with E-state index < -0.39 is 5.97 Å². The topological polar surface area (TPSA) is 61.8 Å². The minimum atomic E-state index is -0.590. The SMILES string of the molecule is COc1ccc(C(=O)OCC(=O)c2ccc(C(C)C)cc2)cc1OC. The van der Waals surface area contributed by atoms with Crippen molar-refractivity contribution in [3.05, 3.63) is 59.2 Å². The fourth-order valence-electron chi connectivity index (χ4n) is 2.31. The molecule has 0 fully saturated rings. The zero-order valence-corrected chi connectivity index (χ0v) is 14.9. The third kappa shape index (κ3) is 4.59. The first-order chi connectivity index (χ1) is 12.0. The van der Waals surface area contributed by atoms with E-state index in [-0.39, 0.29) is 12.4 Å². The van der Waals surface area contributed by atoms with E-state index in [9.17, 15) is 9.59 Å². The average molecular weight is 342 g/mol. The van der Waals surface area contributed by atoms with E-state index >= 15 is 0 Å². The van der Waals surface area contributed by atoms with E-state index in [1.807, 2.05) is 12.1 Å². The molecule has 5 heteroatoms. The number of carbonyl (C=O) groups is 2. The number of carbonyl (C=O) groups excluding carboxylic acids is 2. The molecule has 0 atom stereocenters. The van der Waals surface area contributed by atoms with E-state index in [0.717, 1.165) is 5.56 Å². The summed E-state index contributed by atoms with van der Waals surface area (Å²) in [7, 11) is 3.00. The summed E-state index contributed by atoms with van der Waals surface area (Å²) in [5.41, 5.74) is 1.96. The Bertz CT molecular complexity index is 747. The van der Waals surface area contributed by atoms with Gasteiger partial charge in [-0.1, -0.05) is 38.1 Å². The number of methoxy groups -OCH3 is 2. The highest BCUT2D eigenvalue weighted by Crippen LogP contribution is 2.27. The first kappa shape index (κ1) is 18.5. The van der Waals surface area contributed by atoms with Crippen LogP contribution >= 0.6 is 0 Å². The molecule has 0 aliphatic carbocycles. The molecule has 2 rings (SSSR count). The van der Waals surface area contributed by atoms with Crippen LogP contribution in [0.4, 0.5) is 0 Å². The van der Waals surface area contributed by atoms with Gasteiger partial charge in [-0.25, -0.2) is 4.79 Å². The lowest BCUT2D eigenvalue weighted by molar-refractivity contribution is 0.0474. The number of ketones is 1. The van der Waals surface area contributed by atoms with Crippen molar-refractivity contribution in [2.75, 3.05) is 20.8 Å². The second-order valence-corrected chi connectivity index (χ2v) is 5.85. The van der Waals surface area contributed by atoms with Crippen LogP contribution in [0.3, 0.4) is 0 Å². The van der Waals surface area contributed by atoms with Gasteiger partial charge in [-0.3, -0.25) is 4.79 Å². The zero-order valence-electron chi connectivity index (χ0n) is 14.9. The monoisotopic (exact) mass is 342 g/mol. The van der Waals surface area contributed by atoms with Crippen molar-refractivity contribution < 1.29 is 23.8 Å². The molecule has 5 nitrogen and oxygen atoms in total. The van der Waals surface area contributed by atoms with E-state index in [2.05, 4.69) is 13.8 Å². The molecule has 0 aliphatic rings. The lowest BCUT2D eigenvalue weighted by atomic mass is 10.0. The highest BCUT2D eigenvalue weighted by Gasteiger charge is 2.14. The summed E-state index contributed by atoms with van der Waals surface area (Å²) < 4.78 is 15.4. The molecule has 0 aromatic heterocycles. The Morgan fingerprint density at radius 3 is 2.04 bits per heavy atom. The van der Waals surface area contributed by atoms with Crippen molar-refractivity contribution in [1.82, 2.24) is 0 Å². The minimum absolute atomic E-state index is 0.246. The number of ether oxygens (including phenoxy) is 3. The molecule has 0 amide bonds. The molecular weight excluding hydrogens is 320 g/mol. The Balaban J connectivity index is 2.00. The Morgan fingerprint density at radius 2 is 1.48 bits per heavy atom. The van der Waals surface area contributed by atoms with Crippen LogP contribution < -0.4 is 9.47 Å². The second-order valence-electron chi connectivity index (χ2n) is 5.85. The van der Waals surface area contributed by atoms with Gasteiger partial charge in [0.15, 0.2) is 23.9 Å². The molecule has 0 N–H and O–H groups in total. The van der Waals surface area contributed by atoms with Crippen LogP contribution in [0.25, 0.3) is 0 Å². The molecule has 0 aliphatic heterocycles. The van der Waals surface area contributed by atoms with Crippen LogP contribution in [0.5, 0.6) is 11.5 Å². The van der Waals surface area contributed by atoms with Gasteiger partial charge >= 0.3 is 5.97 Å². The molecule has 132 valence electrons. The second kappa shape index (κ2) is 8.33. The summed E-state index contributed by atoms with van der Waals surface area (Å²) in [4.78, 5) is 24.3. The molecule has 2 aromatic rings. The van der Waals surface area contributed by atoms with Gasteiger partial charge in [0, 0.05) is 5.56 Å². The Kier molecular flexibility index (Phi) is 6.17. The number of benzene rings is 2. The van der Waals surface area contributed by atoms with Gasteiger partial charge in [0.05, 0.1) is 19.8 Å². The highest BCUT2D eigenvalue weighted by atomic mass is 16.5. The summed E-state index contributed by atoms with van der Waals surface area (Å²) >= 11 is 0. The van der Waals surface area contributed by atoms with Crippen molar-refractivity contribution in [3.63, 3.8) is 0 Å². The first-order valence-electron chi connectivity index (χ1n) is 7.98. The van der Waals surface area contributed by atoms with Crippen molar-refractivity contribution in [1.29, 1.82) is 0 Å².